The van der Waals surface area contributed by atoms with Crippen molar-refractivity contribution in [3.05, 3.63) is 0 Å². The molecule has 1 aliphatic rings. The fourth-order valence-corrected chi connectivity index (χ4v) is 1.24. The van der Waals surface area contributed by atoms with Gasteiger partial charge in [-0.25, -0.2) is 14.6 Å². The van der Waals surface area contributed by atoms with Gasteiger partial charge in [-0.3, -0.25) is 10.7 Å². The fraction of sp³-hybridized carbons (Fsp3) is 0.667. The third-order valence-electron chi connectivity index (χ3n) is 1.94. The van der Waals surface area contributed by atoms with Crippen LogP contribution in [-0.4, -0.2) is 57.9 Å². The molecule has 1 fully saturated rings. The molecule has 74 valence electrons. The lowest BCUT2D eigenvalue weighted by atomic mass is 10.2. The normalized spacial score (nSPS) is 24.4. The van der Waals surface area contributed by atoms with E-state index in [1.165, 1.54) is 5.01 Å². The van der Waals surface area contributed by atoms with E-state index in [0.29, 0.717) is 6.54 Å². The van der Waals surface area contributed by atoms with Crippen LogP contribution in [0.3, 0.4) is 0 Å². The van der Waals surface area contributed by atoms with Crippen molar-refractivity contribution in [2.45, 2.75) is 6.04 Å². The minimum absolute atomic E-state index is 0.0294. The van der Waals surface area contributed by atoms with Crippen LogP contribution >= 0.6 is 0 Å². The van der Waals surface area contributed by atoms with Crippen LogP contribution in [-0.2, 0) is 4.79 Å². The maximum atomic E-state index is 10.6. The van der Waals surface area contributed by atoms with Gasteiger partial charge in [0.2, 0.25) is 0 Å². The first-order valence-corrected chi connectivity index (χ1v) is 3.74. The largest absolute Gasteiger partial charge is 0.480 e. The lowest BCUT2D eigenvalue weighted by Gasteiger charge is -2.35. The van der Waals surface area contributed by atoms with E-state index >= 15 is 0 Å². The highest BCUT2D eigenvalue weighted by atomic mass is 16.4. The van der Waals surface area contributed by atoms with Gasteiger partial charge in [0.05, 0.1) is 0 Å². The van der Waals surface area contributed by atoms with Crippen LogP contribution in [0, 0.1) is 0 Å². The molecule has 0 aromatic rings. The van der Waals surface area contributed by atoms with Gasteiger partial charge in [-0.15, -0.1) is 0 Å². The predicted octanol–water partition coefficient (Wildman–Crippen LogP) is -1.39. The third kappa shape index (κ3) is 2.07. The van der Waals surface area contributed by atoms with Crippen molar-refractivity contribution in [1.29, 1.82) is 0 Å². The molecule has 1 atom stereocenters. The van der Waals surface area contributed by atoms with E-state index in [2.05, 4.69) is 0 Å². The van der Waals surface area contributed by atoms with Crippen molar-refractivity contribution >= 4 is 12.1 Å². The van der Waals surface area contributed by atoms with E-state index in [-0.39, 0.29) is 13.1 Å². The van der Waals surface area contributed by atoms with Crippen LogP contribution in [0.5, 0.6) is 0 Å². The van der Waals surface area contributed by atoms with Gasteiger partial charge < -0.3 is 10.2 Å². The first kappa shape index (κ1) is 9.75. The number of nitrogens with two attached hydrogens (primary N) is 1. The van der Waals surface area contributed by atoms with Crippen molar-refractivity contribution in [3.8, 4) is 0 Å². The van der Waals surface area contributed by atoms with Crippen molar-refractivity contribution in [3.63, 3.8) is 0 Å². The summed E-state index contributed by atoms with van der Waals surface area (Å²) in [6, 6.07) is -1.06. The number of hydrogen-bond donors (Lipinski definition) is 3. The lowest BCUT2D eigenvalue weighted by molar-refractivity contribution is -0.144. The number of rotatable bonds is 1. The van der Waals surface area contributed by atoms with Crippen molar-refractivity contribution in [2.75, 3.05) is 19.6 Å². The maximum absolute atomic E-state index is 10.6. The van der Waals surface area contributed by atoms with Crippen LogP contribution in [0.4, 0.5) is 4.79 Å². The van der Waals surface area contributed by atoms with Gasteiger partial charge in [0.15, 0.2) is 0 Å². The van der Waals surface area contributed by atoms with E-state index in [1.807, 2.05) is 0 Å². The molecule has 7 nitrogen and oxygen atoms in total. The summed E-state index contributed by atoms with van der Waals surface area (Å²) in [5, 5.41) is 18.6. The molecule has 1 saturated heterocycles. The molecule has 1 aliphatic heterocycles. The first-order valence-electron chi connectivity index (χ1n) is 3.74. The minimum atomic E-state index is -1.22. The molecular formula is C6H11N3O4. The first-order chi connectivity index (χ1) is 6.02. The second kappa shape index (κ2) is 3.58. The number of nitrogens with zero attached hydrogens (tertiary/aromatic N) is 2. The van der Waals surface area contributed by atoms with Crippen LogP contribution in [0.2, 0.25) is 0 Å². The Labute approximate surface area is 74.3 Å². The standard InChI is InChI=1S/C6H11N3O4/c7-8-1-2-9(6(12)13)4(3-8)5(10)11/h4H,1-3,7H2,(H,10,11)(H,12,13). The molecule has 1 heterocycles. The smallest absolute Gasteiger partial charge is 0.408 e. The molecule has 1 amide bonds. The van der Waals surface area contributed by atoms with Gasteiger partial charge in [-0.2, -0.15) is 0 Å². The molecule has 0 saturated carbocycles. The number of carboxylic acids is 1. The van der Waals surface area contributed by atoms with Gasteiger partial charge >= 0.3 is 12.1 Å². The van der Waals surface area contributed by atoms with Crippen molar-refractivity contribution in [1.82, 2.24) is 9.91 Å². The molecule has 7 heteroatoms. The number of carbonyl (C=O) groups is 2. The Balaban J connectivity index is 2.72. The molecule has 0 spiro atoms. The summed E-state index contributed by atoms with van der Waals surface area (Å²) in [6.07, 6.45) is -1.22. The van der Waals surface area contributed by atoms with Gasteiger partial charge in [0.25, 0.3) is 0 Å². The average molecular weight is 189 g/mol. The zero-order valence-electron chi connectivity index (χ0n) is 6.88. The summed E-state index contributed by atoms with van der Waals surface area (Å²) in [5.74, 6) is 4.21. The second-order valence-electron chi connectivity index (χ2n) is 2.82. The molecule has 0 aromatic carbocycles. The van der Waals surface area contributed by atoms with E-state index in [4.69, 9.17) is 16.1 Å². The molecule has 13 heavy (non-hydrogen) atoms. The van der Waals surface area contributed by atoms with Crippen molar-refractivity contribution < 1.29 is 19.8 Å². The Bertz CT molecular complexity index is 232. The Morgan fingerprint density at radius 3 is 2.38 bits per heavy atom. The summed E-state index contributed by atoms with van der Waals surface area (Å²) in [4.78, 5) is 22.1. The number of carboxylic acid groups (broad SMARTS) is 2. The number of amides is 1. The maximum Gasteiger partial charge on any atom is 0.408 e. The van der Waals surface area contributed by atoms with Crippen LogP contribution < -0.4 is 5.84 Å². The Morgan fingerprint density at radius 2 is 1.92 bits per heavy atom. The summed E-state index contributed by atoms with van der Waals surface area (Å²) in [6.45, 7) is 0.514. The molecular weight excluding hydrogens is 178 g/mol. The van der Waals surface area contributed by atoms with E-state index in [1.54, 1.807) is 0 Å². The van der Waals surface area contributed by atoms with Gasteiger partial charge in [0, 0.05) is 19.6 Å². The number of hydrazine groups is 1. The highest BCUT2D eigenvalue weighted by Crippen LogP contribution is 2.07. The summed E-state index contributed by atoms with van der Waals surface area (Å²) >= 11 is 0. The predicted molar refractivity (Wildman–Crippen MR) is 41.9 cm³/mol. The highest BCUT2D eigenvalue weighted by molar-refractivity contribution is 5.79. The van der Waals surface area contributed by atoms with E-state index in [9.17, 15) is 9.59 Å². The summed E-state index contributed by atoms with van der Waals surface area (Å²) in [7, 11) is 0. The van der Waals surface area contributed by atoms with Gasteiger partial charge in [-0.1, -0.05) is 0 Å². The van der Waals surface area contributed by atoms with E-state index < -0.39 is 18.1 Å². The Kier molecular flexibility index (Phi) is 2.69. The van der Waals surface area contributed by atoms with Gasteiger partial charge in [0.1, 0.15) is 6.04 Å². The van der Waals surface area contributed by atoms with Gasteiger partial charge in [-0.05, 0) is 0 Å². The molecule has 0 aromatic heterocycles. The zero-order chi connectivity index (χ0) is 10.0. The van der Waals surface area contributed by atoms with E-state index in [0.717, 1.165) is 4.90 Å². The summed E-state index contributed by atoms with van der Waals surface area (Å²) < 4.78 is 0. The Morgan fingerprint density at radius 1 is 1.31 bits per heavy atom. The monoisotopic (exact) mass is 189 g/mol. The zero-order valence-corrected chi connectivity index (χ0v) is 6.88. The number of piperazine rings is 1. The fourth-order valence-electron chi connectivity index (χ4n) is 1.24. The average Bonchev–Trinajstić information content (AvgIpc) is 2.03. The highest BCUT2D eigenvalue weighted by Gasteiger charge is 2.34. The number of hydrogen-bond acceptors (Lipinski definition) is 4. The van der Waals surface area contributed by atoms with Crippen LogP contribution in [0.25, 0.3) is 0 Å². The lowest BCUT2D eigenvalue weighted by Crippen LogP contribution is -2.59. The molecule has 1 rings (SSSR count). The van der Waals surface area contributed by atoms with Crippen LogP contribution in [0.1, 0.15) is 0 Å². The minimum Gasteiger partial charge on any atom is -0.480 e. The number of aliphatic carboxylic acids is 1. The summed E-state index contributed by atoms with van der Waals surface area (Å²) in [5.41, 5.74) is 0. The molecule has 0 radical (unpaired) electrons. The van der Waals surface area contributed by atoms with Crippen molar-refractivity contribution in [2.24, 2.45) is 5.84 Å². The Hall–Kier alpha value is -1.34. The topological polar surface area (TPSA) is 107 Å². The molecule has 0 bridgehead atoms. The van der Waals surface area contributed by atoms with Crippen LogP contribution in [0.15, 0.2) is 0 Å². The SMILES string of the molecule is NN1CCN(C(=O)O)C(C(=O)O)C1. The quantitative estimate of drug-likeness (QED) is 0.438. The second-order valence-corrected chi connectivity index (χ2v) is 2.82. The molecule has 1 unspecified atom stereocenters. The molecule has 4 N–H and O–H groups in total. The molecule has 0 aliphatic carbocycles. The third-order valence-corrected chi connectivity index (χ3v) is 1.94.